The van der Waals surface area contributed by atoms with Crippen LogP contribution in [0.5, 0.6) is 5.75 Å². The second-order valence-corrected chi connectivity index (χ2v) is 9.28. The molecule has 0 saturated carbocycles. The predicted octanol–water partition coefficient (Wildman–Crippen LogP) is 3.49. The number of nitrogens with one attached hydrogen (secondary N) is 1. The second kappa shape index (κ2) is 8.62. The van der Waals surface area contributed by atoms with Gasteiger partial charge in [-0.25, -0.2) is 18.1 Å². The molecule has 0 aliphatic heterocycles. The normalized spacial score (nSPS) is 11.1. The van der Waals surface area contributed by atoms with Crippen molar-refractivity contribution in [3.8, 4) is 5.75 Å². The number of methoxy groups -OCH3 is 1. The number of carbonyl (C=O) groups excluding carboxylic acids is 1. The average Bonchev–Trinajstić information content (AvgIpc) is 3.07. The van der Waals surface area contributed by atoms with Crippen molar-refractivity contribution < 1.29 is 17.9 Å². The molecular weight excluding hydrogens is 410 g/mol. The Kier molecular flexibility index (Phi) is 6.19. The third-order valence-corrected chi connectivity index (χ3v) is 5.62. The van der Waals surface area contributed by atoms with Crippen LogP contribution in [-0.2, 0) is 16.6 Å². The smallest absolute Gasteiger partial charge is 0.284 e. The summed E-state index contributed by atoms with van der Waals surface area (Å²) < 4.78 is 30.3. The van der Waals surface area contributed by atoms with E-state index in [4.69, 9.17) is 4.74 Å². The van der Waals surface area contributed by atoms with Crippen LogP contribution in [0.25, 0.3) is 0 Å². The van der Waals surface area contributed by atoms with Crippen molar-refractivity contribution in [1.82, 2.24) is 9.71 Å². The van der Waals surface area contributed by atoms with Crippen LogP contribution in [0, 0.1) is 6.92 Å². The number of carbonyl (C=O) groups is 1. The molecule has 0 bridgehead atoms. The van der Waals surface area contributed by atoms with Gasteiger partial charge in [0.25, 0.3) is 5.91 Å². The summed E-state index contributed by atoms with van der Waals surface area (Å²) in [7, 11) is -2.08. The Labute approximate surface area is 174 Å². The third kappa shape index (κ3) is 5.12. The quantitative estimate of drug-likeness (QED) is 0.616. The molecule has 1 amide bonds. The largest absolute Gasteiger partial charge is 0.495 e. The van der Waals surface area contributed by atoms with E-state index in [1.54, 1.807) is 14.0 Å². The van der Waals surface area contributed by atoms with Gasteiger partial charge in [-0.1, -0.05) is 42.5 Å². The number of ether oxygens (including phenoxy) is 1. The number of amides is 1. The minimum Gasteiger partial charge on any atom is -0.495 e. The zero-order valence-electron chi connectivity index (χ0n) is 16.2. The summed E-state index contributed by atoms with van der Waals surface area (Å²) in [6.45, 7) is 2.24. The summed E-state index contributed by atoms with van der Waals surface area (Å²) in [5.41, 5.74) is 1.93. The molecule has 0 aliphatic rings. The van der Waals surface area contributed by atoms with Gasteiger partial charge >= 0.3 is 0 Å². The molecular formula is C20H21N3O4S2. The summed E-state index contributed by atoms with van der Waals surface area (Å²) in [5.74, 6) is -0.0781. The molecule has 2 aromatic carbocycles. The minimum absolute atomic E-state index is 0.0865. The molecule has 0 fully saturated rings. The molecule has 3 aromatic rings. The van der Waals surface area contributed by atoms with Crippen LogP contribution < -0.4 is 14.4 Å². The number of sulfonamides is 1. The highest BCUT2D eigenvalue weighted by molar-refractivity contribution is 7.89. The third-order valence-electron chi connectivity index (χ3n) is 4.07. The number of aryl methyl sites for hydroxylation is 1. The van der Waals surface area contributed by atoms with Crippen LogP contribution in [0.15, 0.2) is 54.6 Å². The molecule has 0 spiro atoms. The van der Waals surface area contributed by atoms with Crippen LogP contribution >= 0.6 is 11.3 Å². The van der Waals surface area contributed by atoms with Gasteiger partial charge in [0.05, 0.1) is 25.6 Å². The number of nitrogens with zero attached hydrogens (tertiary/aromatic N) is 2. The fourth-order valence-electron chi connectivity index (χ4n) is 2.80. The summed E-state index contributed by atoms with van der Waals surface area (Å²) in [6, 6.07) is 17.4. The Bertz CT molecular complexity index is 1110. The first-order chi connectivity index (χ1) is 13.8. The highest BCUT2D eigenvalue weighted by Gasteiger charge is 2.23. The standard InChI is InChI=1S/C20H21N3O4S2/c1-14-18(19(24)22-29(3,25)26)21-20(28-14)23(13-15-9-5-4-6-10-15)16-11-7-8-12-17(16)27-2/h4-12H,13H2,1-3H3,(H,22,24). The van der Waals surface area contributed by atoms with Gasteiger partial charge in [-0.05, 0) is 24.6 Å². The van der Waals surface area contributed by atoms with Crippen LogP contribution in [0.1, 0.15) is 20.9 Å². The summed E-state index contributed by atoms with van der Waals surface area (Å²) in [4.78, 5) is 19.4. The van der Waals surface area contributed by atoms with E-state index in [2.05, 4.69) is 4.98 Å². The summed E-state index contributed by atoms with van der Waals surface area (Å²) in [6.07, 6.45) is 0.935. The summed E-state index contributed by atoms with van der Waals surface area (Å²) in [5, 5.41) is 0.564. The lowest BCUT2D eigenvalue weighted by molar-refractivity contribution is 0.0977. The number of hydrogen-bond donors (Lipinski definition) is 1. The molecule has 152 valence electrons. The maximum atomic E-state index is 12.3. The molecule has 0 atom stereocenters. The molecule has 3 rings (SSSR count). The second-order valence-electron chi connectivity index (χ2n) is 6.35. The van der Waals surface area contributed by atoms with Crippen molar-refractivity contribution in [3.63, 3.8) is 0 Å². The van der Waals surface area contributed by atoms with E-state index in [9.17, 15) is 13.2 Å². The van der Waals surface area contributed by atoms with Gasteiger partial charge in [-0.2, -0.15) is 0 Å². The maximum absolute atomic E-state index is 12.3. The molecule has 0 saturated heterocycles. The molecule has 0 radical (unpaired) electrons. The first-order valence-electron chi connectivity index (χ1n) is 8.72. The van der Waals surface area contributed by atoms with Gasteiger partial charge in [0, 0.05) is 4.88 Å². The Morgan fingerprint density at radius 2 is 1.79 bits per heavy atom. The Morgan fingerprint density at radius 3 is 2.45 bits per heavy atom. The molecule has 7 nitrogen and oxygen atoms in total. The molecule has 0 unspecified atom stereocenters. The van der Waals surface area contributed by atoms with Gasteiger partial charge in [0.1, 0.15) is 11.4 Å². The molecule has 1 N–H and O–H groups in total. The van der Waals surface area contributed by atoms with E-state index >= 15 is 0 Å². The molecule has 1 heterocycles. The van der Waals surface area contributed by atoms with Gasteiger partial charge in [-0.3, -0.25) is 4.79 Å². The lowest BCUT2D eigenvalue weighted by Crippen LogP contribution is -2.30. The fourth-order valence-corrected chi connectivity index (χ4v) is 4.15. The van der Waals surface area contributed by atoms with E-state index in [0.717, 1.165) is 17.5 Å². The Hall–Kier alpha value is -2.91. The number of rotatable bonds is 7. The van der Waals surface area contributed by atoms with Crippen molar-refractivity contribution in [2.75, 3.05) is 18.3 Å². The molecule has 9 heteroatoms. The lowest BCUT2D eigenvalue weighted by atomic mass is 10.2. The van der Waals surface area contributed by atoms with Crippen LogP contribution in [0.3, 0.4) is 0 Å². The van der Waals surface area contributed by atoms with Crippen molar-refractivity contribution >= 4 is 38.1 Å². The van der Waals surface area contributed by atoms with Gasteiger partial charge < -0.3 is 9.64 Å². The van der Waals surface area contributed by atoms with Crippen molar-refractivity contribution in [3.05, 3.63) is 70.7 Å². The number of para-hydroxylation sites is 2. The Morgan fingerprint density at radius 1 is 1.14 bits per heavy atom. The number of anilines is 2. The van der Waals surface area contributed by atoms with Gasteiger partial charge in [-0.15, -0.1) is 11.3 Å². The van der Waals surface area contributed by atoms with Crippen molar-refractivity contribution in [2.24, 2.45) is 0 Å². The monoisotopic (exact) mass is 431 g/mol. The zero-order valence-corrected chi connectivity index (χ0v) is 17.9. The Balaban J connectivity index is 2.05. The highest BCUT2D eigenvalue weighted by Crippen LogP contribution is 2.37. The average molecular weight is 432 g/mol. The van der Waals surface area contributed by atoms with E-state index in [0.29, 0.717) is 22.3 Å². The van der Waals surface area contributed by atoms with Crippen LogP contribution in [-0.4, -0.2) is 32.7 Å². The number of hydrogen-bond acceptors (Lipinski definition) is 7. The van der Waals surface area contributed by atoms with E-state index in [1.165, 1.54) is 11.3 Å². The topological polar surface area (TPSA) is 88.6 Å². The number of thiazole rings is 1. The highest BCUT2D eigenvalue weighted by atomic mass is 32.2. The van der Waals surface area contributed by atoms with Gasteiger partial charge in [0.15, 0.2) is 5.13 Å². The first kappa shape index (κ1) is 20.8. The SMILES string of the molecule is COc1ccccc1N(Cc1ccccc1)c1nc(C(=O)NS(C)(=O)=O)c(C)s1. The van der Waals surface area contributed by atoms with Crippen LogP contribution in [0.2, 0.25) is 0 Å². The summed E-state index contributed by atoms with van der Waals surface area (Å²) >= 11 is 1.31. The van der Waals surface area contributed by atoms with Crippen molar-refractivity contribution in [1.29, 1.82) is 0 Å². The van der Waals surface area contributed by atoms with Crippen molar-refractivity contribution in [2.45, 2.75) is 13.5 Å². The van der Waals surface area contributed by atoms with E-state index in [1.807, 2.05) is 64.2 Å². The van der Waals surface area contributed by atoms with Gasteiger partial charge in [0.2, 0.25) is 10.0 Å². The molecule has 29 heavy (non-hydrogen) atoms. The molecule has 0 aliphatic carbocycles. The van der Waals surface area contributed by atoms with Crippen LogP contribution in [0.4, 0.5) is 10.8 Å². The fraction of sp³-hybridized carbons (Fsp3) is 0.200. The maximum Gasteiger partial charge on any atom is 0.284 e. The predicted molar refractivity (Wildman–Crippen MR) is 114 cm³/mol. The van der Waals surface area contributed by atoms with E-state index < -0.39 is 15.9 Å². The lowest BCUT2D eigenvalue weighted by Gasteiger charge is -2.24. The number of benzene rings is 2. The minimum atomic E-state index is -3.68. The van der Waals surface area contributed by atoms with E-state index in [-0.39, 0.29) is 5.69 Å². The first-order valence-corrected chi connectivity index (χ1v) is 11.4. The zero-order chi connectivity index (χ0) is 21.0. The molecule has 1 aromatic heterocycles. The number of aromatic nitrogens is 1.